The molecule has 1 aliphatic heterocycles. The molecular weight excluding hydrogens is 262 g/mol. The Labute approximate surface area is 124 Å². The number of carbonyl (C=O) groups excluding carboxylic acids is 1. The number of nitrogens with two attached hydrogens (primary N) is 1. The molecule has 2 unspecified atom stereocenters. The molecule has 4 heteroatoms. The van der Waals surface area contributed by atoms with E-state index in [4.69, 9.17) is 5.73 Å². The molecule has 108 valence electrons. The minimum Gasteiger partial charge on any atom is -0.335 e. The van der Waals surface area contributed by atoms with Gasteiger partial charge >= 0.3 is 0 Å². The number of rotatable bonds is 1. The van der Waals surface area contributed by atoms with Gasteiger partial charge in [0.15, 0.2) is 6.17 Å². The summed E-state index contributed by atoms with van der Waals surface area (Å²) < 4.78 is 0. The molecule has 0 bridgehead atoms. The summed E-state index contributed by atoms with van der Waals surface area (Å²) in [5.74, 6) is 0.0946. The van der Waals surface area contributed by atoms with Crippen LogP contribution in [0.3, 0.4) is 0 Å². The number of nitrogens with zero attached hydrogens (tertiary/aromatic N) is 2. The van der Waals surface area contributed by atoms with Crippen molar-refractivity contribution < 1.29 is 4.79 Å². The molecule has 1 aromatic rings. The average molecular weight is 281 g/mol. The number of carbonyl (C=O) groups is 1. The van der Waals surface area contributed by atoms with Crippen LogP contribution < -0.4 is 5.73 Å². The Bertz CT molecular complexity index is 645. The van der Waals surface area contributed by atoms with Crippen LogP contribution >= 0.6 is 0 Å². The van der Waals surface area contributed by atoms with Gasteiger partial charge in [0.05, 0.1) is 11.8 Å². The highest BCUT2D eigenvalue weighted by Gasteiger charge is 2.36. The van der Waals surface area contributed by atoms with E-state index in [0.717, 1.165) is 16.8 Å². The average Bonchev–Trinajstić information content (AvgIpc) is 2.60. The van der Waals surface area contributed by atoms with E-state index in [1.165, 1.54) is 0 Å². The SMILES string of the molecule is CC1C=CC=C2C(c3ccccc3)=N[C@@H](N)C(=O)N(C)C21. The summed E-state index contributed by atoms with van der Waals surface area (Å²) in [5.41, 5.74) is 8.84. The Morgan fingerprint density at radius 1 is 1.24 bits per heavy atom. The molecule has 0 aromatic heterocycles. The number of likely N-dealkylation sites (N-methyl/N-ethyl adjacent to an activating group) is 1. The smallest absolute Gasteiger partial charge is 0.262 e. The second kappa shape index (κ2) is 5.30. The fraction of sp³-hybridized carbons (Fsp3) is 0.294. The van der Waals surface area contributed by atoms with Crippen molar-refractivity contribution in [1.29, 1.82) is 0 Å². The first-order valence-corrected chi connectivity index (χ1v) is 7.14. The molecule has 21 heavy (non-hydrogen) atoms. The van der Waals surface area contributed by atoms with Gasteiger partial charge in [-0.2, -0.15) is 0 Å². The number of aliphatic imine (C=N–C) groups is 1. The molecule has 0 fully saturated rings. The van der Waals surface area contributed by atoms with E-state index in [9.17, 15) is 4.79 Å². The van der Waals surface area contributed by atoms with Gasteiger partial charge in [0.1, 0.15) is 0 Å². The number of benzene rings is 1. The highest BCUT2D eigenvalue weighted by Crippen LogP contribution is 2.29. The van der Waals surface area contributed by atoms with Crippen molar-refractivity contribution in [2.24, 2.45) is 16.6 Å². The van der Waals surface area contributed by atoms with Crippen LogP contribution in [-0.4, -0.2) is 35.8 Å². The van der Waals surface area contributed by atoms with Gasteiger partial charge in [0.2, 0.25) is 0 Å². The molecule has 1 heterocycles. The van der Waals surface area contributed by atoms with Gasteiger partial charge in [0.25, 0.3) is 5.91 Å². The third-order valence-corrected chi connectivity index (χ3v) is 4.11. The summed E-state index contributed by atoms with van der Waals surface area (Å²) in [6.45, 7) is 2.11. The Kier molecular flexibility index (Phi) is 3.47. The predicted molar refractivity (Wildman–Crippen MR) is 83.9 cm³/mol. The number of hydrogen-bond donors (Lipinski definition) is 1. The first-order chi connectivity index (χ1) is 10.1. The largest absolute Gasteiger partial charge is 0.335 e. The van der Waals surface area contributed by atoms with Gasteiger partial charge in [-0.25, -0.2) is 0 Å². The number of fused-ring (bicyclic) bond motifs is 1. The van der Waals surface area contributed by atoms with Crippen LogP contribution in [-0.2, 0) is 4.79 Å². The molecule has 3 rings (SSSR count). The van der Waals surface area contributed by atoms with Crippen LogP contribution in [0.4, 0.5) is 0 Å². The topological polar surface area (TPSA) is 58.7 Å². The first-order valence-electron chi connectivity index (χ1n) is 7.14. The van der Waals surface area contributed by atoms with Gasteiger partial charge in [-0.15, -0.1) is 0 Å². The standard InChI is InChI=1S/C17H19N3O/c1-11-7-6-10-13-14(12-8-4-3-5-9-12)19-16(18)17(21)20(2)15(11)13/h3-11,15-16H,18H2,1-2H3/t11?,15?,16-/m1/s1. The summed E-state index contributed by atoms with van der Waals surface area (Å²) in [6.07, 6.45) is 5.34. The van der Waals surface area contributed by atoms with Crippen LogP contribution in [0.25, 0.3) is 0 Å². The lowest BCUT2D eigenvalue weighted by atomic mass is 9.84. The molecule has 4 nitrogen and oxygen atoms in total. The maximum absolute atomic E-state index is 12.4. The van der Waals surface area contributed by atoms with Crippen LogP contribution in [0.15, 0.2) is 59.1 Å². The molecule has 0 saturated carbocycles. The second-order valence-electron chi connectivity index (χ2n) is 5.55. The van der Waals surface area contributed by atoms with E-state index >= 15 is 0 Å². The number of amides is 1. The van der Waals surface area contributed by atoms with Crippen LogP contribution in [0.5, 0.6) is 0 Å². The maximum Gasteiger partial charge on any atom is 0.262 e. The summed E-state index contributed by atoms with van der Waals surface area (Å²) in [5, 5.41) is 0. The molecule has 0 saturated heterocycles. The minimum absolute atomic E-state index is 0.0185. The fourth-order valence-corrected chi connectivity index (χ4v) is 3.05. The fourth-order valence-electron chi connectivity index (χ4n) is 3.05. The molecule has 0 spiro atoms. The number of allylic oxidation sites excluding steroid dienone is 2. The van der Waals surface area contributed by atoms with Crippen molar-refractivity contribution in [3.63, 3.8) is 0 Å². The Morgan fingerprint density at radius 3 is 2.67 bits per heavy atom. The quantitative estimate of drug-likeness (QED) is 0.852. The highest BCUT2D eigenvalue weighted by atomic mass is 16.2. The van der Waals surface area contributed by atoms with E-state index in [-0.39, 0.29) is 17.9 Å². The van der Waals surface area contributed by atoms with Crippen molar-refractivity contribution in [3.8, 4) is 0 Å². The van der Waals surface area contributed by atoms with E-state index in [1.54, 1.807) is 11.9 Å². The summed E-state index contributed by atoms with van der Waals surface area (Å²) in [7, 11) is 1.81. The van der Waals surface area contributed by atoms with Gasteiger partial charge in [0, 0.05) is 18.2 Å². The van der Waals surface area contributed by atoms with Gasteiger partial charge < -0.3 is 10.6 Å². The monoisotopic (exact) mass is 281 g/mol. The second-order valence-corrected chi connectivity index (χ2v) is 5.55. The Hall–Kier alpha value is -2.20. The highest BCUT2D eigenvalue weighted by molar-refractivity contribution is 6.15. The van der Waals surface area contributed by atoms with Crippen LogP contribution in [0.2, 0.25) is 0 Å². The Morgan fingerprint density at radius 2 is 1.95 bits per heavy atom. The molecular formula is C17H19N3O. The normalized spacial score (nSPS) is 28.6. The van der Waals surface area contributed by atoms with E-state index in [1.807, 2.05) is 42.5 Å². The lowest BCUT2D eigenvalue weighted by molar-refractivity contribution is -0.132. The number of hydrogen-bond acceptors (Lipinski definition) is 3. The molecule has 1 aromatic carbocycles. The predicted octanol–water partition coefficient (Wildman–Crippen LogP) is 1.73. The van der Waals surface area contributed by atoms with Gasteiger partial charge in [-0.3, -0.25) is 9.79 Å². The third kappa shape index (κ3) is 2.32. The van der Waals surface area contributed by atoms with Crippen molar-refractivity contribution in [3.05, 3.63) is 59.7 Å². The van der Waals surface area contributed by atoms with Crippen LogP contribution in [0.1, 0.15) is 12.5 Å². The van der Waals surface area contributed by atoms with Crippen LogP contribution in [0, 0.1) is 5.92 Å². The molecule has 2 N–H and O–H groups in total. The zero-order valence-electron chi connectivity index (χ0n) is 12.2. The summed E-state index contributed by atoms with van der Waals surface area (Å²) >= 11 is 0. The van der Waals surface area contributed by atoms with Crippen molar-refractivity contribution in [2.45, 2.75) is 19.1 Å². The van der Waals surface area contributed by atoms with E-state index in [0.29, 0.717) is 0 Å². The van der Waals surface area contributed by atoms with Gasteiger partial charge in [-0.1, -0.05) is 55.5 Å². The van der Waals surface area contributed by atoms with E-state index in [2.05, 4.69) is 18.0 Å². The van der Waals surface area contributed by atoms with E-state index < -0.39 is 6.17 Å². The lowest BCUT2D eigenvalue weighted by Gasteiger charge is -2.34. The Balaban J connectivity index is 2.17. The molecule has 2 aliphatic rings. The van der Waals surface area contributed by atoms with Crippen molar-refractivity contribution in [2.75, 3.05) is 7.05 Å². The first kappa shape index (κ1) is 13.8. The molecule has 1 aliphatic carbocycles. The zero-order chi connectivity index (χ0) is 15.0. The molecule has 1 amide bonds. The van der Waals surface area contributed by atoms with Crippen molar-refractivity contribution >= 4 is 11.6 Å². The summed E-state index contributed by atoms with van der Waals surface area (Å²) in [6, 6.07) is 9.89. The summed E-state index contributed by atoms with van der Waals surface area (Å²) in [4.78, 5) is 18.6. The zero-order valence-corrected chi connectivity index (χ0v) is 12.2. The van der Waals surface area contributed by atoms with Gasteiger partial charge in [-0.05, 0) is 5.92 Å². The lowest BCUT2D eigenvalue weighted by Crippen LogP contribution is -2.47. The minimum atomic E-state index is -0.844. The molecule has 3 atom stereocenters. The third-order valence-electron chi connectivity index (χ3n) is 4.11. The van der Waals surface area contributed by atoms with Crippen molar-refractivity contribution in [1.82, 2.24) is 4.90 Å². The maximum atomic E-state index is 12.4. The molecule has 0 radical (unpaired) electrons.